The summed E-state index contributed by atoms with van der Waals surface area (Å²) >= 11 is 0. The number of halogens is 2. The van der Waals surface area contributed by atoms with Gasteiger partial charge in [0.1, 0.15) is 23.3 Å². The highest BCUT2D eigenvalue weighted by Crippen LogP contribution is 2.35. The van der Waals surface area contributed by atoms with Crippen molar-refractivity contribution in [3.8, 4) is 16.8 Å². The van der Waals surface area contributed by atoms with Crippen molar-refractivity contribution in [1.82, 2.24) is 19.7 Å². The minimum atomic E-state index is -0.372. The maximum absolute atomic E-state index is 15.0. The number of rotatable bonds is 1. The minimum Gasteiger partial charge on any atom is -0.283 e. The summed E-state index contributed by atoms with van der Waals surface area (Å²) in [5, 5.41) is 9.29. The third-order valence-corrected chi connectivity index (χ3v) is 4.96. The van der Waals surface area contributed by atoms with E-state index in [1.54, 1.807) is 18.3 Å². The molecule has 0 N–H and O–H groups in total. The first-order valence-electron chi connectivity index (χ1n) is 8.40. The van der Waals surface area contributed by atoms with E-state index in [1.807, 2.05) is 17.6 Å². The van der Waals surface area contributed by atoms with Gasteiger partial charge in [0, 0.05) is 35.3 Å². The van der Waals surface area contributed by atoms with Gasteiger partial charge in [0.05, 0.1) is 5.69 Å². The Hall–Kier alpha value is -3.15. The summed E-state index contributed by atoms with van der Waals surface area (Å²) in [6.07, 6.45) is 4.57. The van der Waals surface area contributed by atoms with Gasteiger partial charge in [-0.15, -0.1) is 10.2 Å². The fourth-order valence-corrected chi connectivity index (χ4v) is 3.72. The van der Waals surface area contributed by atoms with Crippen molar-refractivity contribution >= 4 is 10.8 Å². The van der Waals surface area contributed by atoms with E-state index in [0.29, 0.717) is 21.9 Å². The van der Waals surface area contributed by atoms with Crippen LogP contribution in [-0.4, -0.2) is 19.7 Å². The van der Waals surface area contributed by atoms with Crippen LogP contribution in [0.1, 0.15) is 17.2 Å². The van der Waals surface area contributed by atoms with Crippen LogP contribution >= 0.6 is 0 Å². The van der Waals surface area contributed by atoms with Crippen molar-refractivity contribution in [2.75, 3.05) is 0 Å². The number of hydrogen-bond acceptors (Lipinski definition) is 3. The molecule has 26 heavy (non-hydrogen) atoms. The smallest absolute Gasteiger partial charge is 0.137 e. The monoisotopic (exact) mass is 348 g/mol. The summed E-state index contributed by atoms with van der Waals surface area (Å²) in [6, 6.07) is 8.16. The number of nitrogens with zero attached hydrogens (tertiary/aromatic N) is 4. The lowest BCUT2D eigenvalue weighted by molar-refractivity contribution is 0.625. The van der Waals surface area contributed by atoms with E-state index in [2.05, 4.69) is 15.2 Å². The summed E-state index contributed by atoms with van der Waals surface area (Å²) in [5.41, 5.74) is 2.81. The van der Waals surface area contributed by atoms with Crippen molar-refractivity contribution in [3.63, 3.8) is 0 Å². The van der Waals surface area contributed by atoms with Crippen LogP contribution in [0.5, 0.6) is 0 Å². The Morgan fingerprint density at radius 2 is 1.81 bits per heavy atom. The second-order valence-electron chi connectivity index (χ2n) is 6.48. The first-order valence-corrected chi connectivity index (χ1v) is 8.40. The minimum absolute atomic E-state index is 0.361. The molecule has 2 aromatic heterocycles. The summed E-state index contributed by atoms with van der Waals surface area (Å²) in [6.45, 7) is 1.86. The van der Waals surface area contributed by atoms with Gasteiger partial charge in [-0.2, -0.15) is 0 Å². The number of hydrogen-bond donors (Lipinski definition) is 0. The van der Waals surface area contributed by atoms with Crippen LogP contribution in [-0.2, 0) is 12.8 Å². The Bertz CT molecular complexity index is 1180. The third-order valence-electron chi connectivity index (χ3n) is 4.96. The molecule has 3 heterocycles. The van der Waals surface area contributed by atoms with Crippen LogP contribution in [0.3, 0.4) is 0 Å². The molecule has 4 aromatic rings. The maximum Gasteiger partial charge on any atom is 0.137 e. The number of benzene rings is 2. The Morgan fingerprint density at radius 3 is 2.69 bits per heavy atom. The molecular weight excluding hydrogens is 334 g/mol. The Kier molecular flexibility index (Phi) is 3.16. The van der Waals surface area contributed by atoms with Gasteiger partial charge in [-0.25, -0.2) is 8.78 Å². The van der Waals surface area contributed by atoms with E-state index in [4.69, 9.17) is 0 Å². The highest BCUT2D eigenvalue weighted by molar-refractivity contribution is 5.96. The average Bonchev–Trinajstić information content (AvgIpc) is 3.03. The van der Waals surface area contributed by atoms with Crippen LogP contribution in [0.4, 0.5) is 8.78 Å². The van der Waals surface area contributed by atoms with Crippen LogP contribution in [0.25, 0.3) is 27.6 Å². The van der Waals surface area contributed by atoms with E-state index in [9.17, 15) is 4.39 Å². The van der Waals surface area contributed by atoms with Crippen LogP contribution in [0.15, 0.2) is 42.7 Å². The van der Waals surface area contributed by atoms with Crippen molar-refractivity contribution in [2.45, 2.75) is 19.8 Å². The molecule has 0 aliphatic carbocycles. The van der Waals surface area contributed by atoms with E-state index >= 15 is 4.39 Å². The highest BCUT2D eigenvalue weighted by Gasteiger charge is 2.22. The molecule has 0 saturated carbocycles. The second-order valence-corrected chi connectivity index (χ2v) is 6.48. The predicted molar refractivity (Wildman–Crippen MR) is 94.2 cm³/mol. The lowest BCUT2D eigenvalue weighted by Crippen LogP contribution is -2.14. The number of aryl methyl sites for hydroxylation is 3. The molecule has 1 aliphatic rings. The van der Waals surface area contributed by atoms with Crippen molar-refractivity contribution in [1.29, 1.82) is 0 Å². The molecule has 0 atom stereocenters. The molecular formula is C20H14F2N4. The molecule has 0 saturated heterocycles. The zero-order chi connectivity index (χ0) is 17.8. The second kappa shape index (κ2) is 5.42. The average molecular weight is 348 g/mol. The molecule has 0 amide bonds. The molecule has 0 fully saturated rings. The Morgan fingerprint density at radius 1 is 0.923 bits per heavy atom. The van der Waals surface area contributed by atoms with Crippen molar-refractivity contribution < 1.29 is 8.78 Å². The highest BCUT2D eigenvalue weighted by atomic mass is 19.1. The molecule has 4 nitrogen and oxygen atoms in total. The topological polar surface area (TPSA) is 43.6 Å². The molecule has 6 heteroatoms. The van der Waals surface area contributed by atoms with Crippen LogP contribution < -0.4 is 0 Å². The first kappa shape index (κ1) is 15.1. The third kappa shape index (κ3) is 2.08. The normalized spacial score (nSPS) is 12.9. The van der Waals surface area contributed by atoms with Crippen LogP contribution in [0.2, 0.25) is 0 Å². The summed E-state index contributed by atoms with van der Waals surface area (Å²) < 4.78 is 31.0. The number of pyridine rings is 1. The predicted octanol–water partition coefficient (Wildman–Crippen LogP) is 4.17. The van der Waals surface area contributed by atoms with Gasteiger partial charge in [0.2, 0.25) is 0 Å². The number of fused-ring (bicyclic) bond motifs is 4. The van der Waals surface area contributed by atoms with E-state index in [0.717, 1.165) is 35.7 Å². The molecule has 0 spiro atoms. The zero-order valence-corrected chi connectivity index (χ0v) is 14.0. The SMILES string of the molecule is Cc1nnc2n1-c1cc(F)c(-c3cncc4c(F)cccc34)cc1CC2. The fraction of sp³-hybridized carbons (Fsp3) is 0.150. The van der Waals surface area contributed by atoms with Gasteiger partial charge in [-0.1, -0.05) is 12.1 Å². The first-order chi connectivity index (χ1) is 12.6. The van der Waals surface area contributed by atoms with Gasteiger partial charge in [0.15, 0.2) is 0 Å². The van der Waals surface area contributed by atoms with E-state index in [-0.39, 0.29) is 11.6 Å². The largest absolute Gasteiger partial charge is 0.283 e. The van der Waals surface area contributed by atoms with Gasteiger partial charge in [-0.05, 0) is 42.5 Å². The molecule has 2 aromatic carbocycles. The van der Waals surface area contributed by atoms with Gasteiger partial charge in [0.25, 0.3) is 0 Å². The van der Waals surface area contributed by atoms with Gasteiger partial charge < -0.3 is 0 Å². The van der Waals surface area contributed by atoms with Gasteiger partial charge >= 0.3 is 0 Å². The molecule has 1 aliphatic heterocycles. The van der Waals surface area contributed by atoms with Crippen molar-refractivity contribution in [2.24, 2.45) is 0 Å². The quantitative estimate of drug-likeness (QED) is 0.519. The van der Waals surface area contributed by atoms with E-state index in [1.165, 1.54) is 18.3 Å². The summed E-state index contributed by atoms with van der Waals surface area (Å²) in [4.78, 5) is 4.11. The summed E-state index contributed by atoms with van der Waals surface area (Å²) in [7, 11) is 0. The van der Waals surface area contributed by atoms with Crippen molar-refractivity contribution in [3.05, 3.63) is 71.6 Å². The lowest BCUT2D eigenvalue weighted by atomic mass is 9.94. The van der Waals surface area contributed by atoms with E-state index < -0.39 is 0 Å². The summed E-state index contributed by atoms with van der Waals surface area (Å²) in [5.74, 6) is 0.848. The standard InChI is InChI=1S/C20H14F2N4/c1-11-24-25-20-6-5-12-7-14(18(22)8-19(12)26(11)20)15-9-23-10-16-13(15)3-2-4-17(16)21/h2-4,7-10H,5-6H2,1H3. The van der Waals surface area contributed by atoms with Gasteiger partial charge in [-0.3, -0.25) is 9.55 Å². The molecule has 5 rings (SSSR count). The Labute approximate surface area is 148 Å². The molecule has 0 bridgehead atoms. The van der Waals surface area contributed by atoms with Crippen LogP contribution in [0, 0.1) is 18.6 Å². The zero-order valence-electron chi connectivity index (χ0n) is 14.0. The lowest BCUT2D eigenvalue weighted by Gasteiger charge is -2.20. The fourth-order valence-electron chi connectivity index (χ4n) is 3.72. The Balaban J connectivity index is 1.76. The maximum atomic E-state index is 15.0. The molecule has 128 valence electrons. The molecule has 0 unspecified atom stereocenters. The molecule has 0 radical (unpaired) electrons. The number of aromatic nitrogens is 4.